The normalized spacial score (nSPS) is 10.2. The van der Waals surface area contributed by atoms with E-state index in [1.807, 2.05) is 19.1 Å². The molecule has 5 nitrogen and oxygen atoms in total. The molecule has 0 aliphatic carbocycles. The van der Waals surface area contributed by atoms with Crippen LogP contribution < -0.4 is 15.4 Å². The lowest BCUT2D eigenvalue weighted by atomic mass is 10.2. The molecule has 2 aromatic carbocycles. The number of nitrogens with one attached hydrogen (secondary N) is 2. The van der Waals surface area contributed by atoms with Crippen LogP contribution in [0.25, 0.3) is 0 Å². The number of carbonyl (C=O) groups excluding carboxylic acids is 2. The van der Waals surface area contributed by atoms with Crippen LogP contribution in [0.15, 0.2) is 42.5 Å². The van der Waals surface area contributed by atoms with Gasteiger partial charge in [-0.15, -0.1) is 0 Å². The smallest absolute Gasteiger partial charge is 0.251 e. The highest BCUT2D eigenvalue weighted by atomic mass is 35.5. The Balaban J connectivity index is 1.72. The van der Waals surface area contributed by atoms with Gasteiger partial charge in [-0.3, -0.25) is 9.59 Å². The summed E-state index contributed by atoms with van der Waals surface area (Å²) in [6.07, 6.45) is 0.692. The largest absolute Gasteiger partial charge is 0.493 e. The summed E-state index contributed by atoms with van der Waals surface area (Å²) in [5.74, 6) is 0.495. The van der Waals surface area contributed by atoms with Crippen molar-refractivity contribution >= 4 is 29.1 Å². The molecule has 0 fully saturated rings. The van der Waals surface area contributed by atoms with Gasteiger partial charge in [-0.1, -0.05) is 11.6 Å². The molecule has 6 heteroatoms. The van der Waals surface area contributed by atoms with Crippen LogP contribution in [0.2, 0.25) is 5.02 Å². The van der Waals surface area contributed by atoms with Crippen LogP contribution in [0, 0.1) is 6.92 Å². The van der Waals surface area contributed by atoms with Crippen LogP contribution in [0.4, 0.5) is 5.69 Å². The van der Waals surface area contributed by atoms with Crippen molar-refractivity contribution in [2.24, 2.45) is 0 Å². The van der Waals surface area contributed by atoms with Crippen molar-refractivity contribution in [1.82, 2.24) is 5.32 Å². The summed E-state index contributed by atoms with van der Waals surface area (Å²) in [7, 11) is 0. The summed E-state index contributed by atoms with van der Waals surface area (Å²) in [6.45, 7) is 4.39. The fourth-order valence-electron chi connectivity index (χ4n) is 2.24. The predicted molar refractivity (Wildman–Crippen MR) is 99.4 cm³/mol. The first-order valence-electron chi connectivity index (χ1n) is 8.00. The van der Waals surface area contributed by atoms with Gasteiger partial charge in [0.25, 0.3) is 5.91 Å². The molecule has 0 aromatic heterocycles. The molecular formula is C19H21ClN2O3. The van der Waals surface area contributed by atoms with Gasteiger partial charge in [-0.25, -0.2) is 0 Å². The third-order valence-electron chi connectivity index (χ3n) is 3.47. The van der Waals surface area contributed by atoms with Gasteiger partial charge >= 0.3 is 0 Å². The zero-order chi connectivity index (χ0) is 18.2. The molecule has 2 rings (SSSR count). The Morgan fingerprint density at radius 2 is 1.84 bits per heavy atom. The number of amides is 2. The van der Waals surface area contributed by atoms with Crippen molar-refractivity contribution in [2.75, 3.05) is 18.5 Å². The maximum absolute atomic E-state index is 12.0. The summed E-state index contributed by atoms with van der Waals surface area (Å²) < 4.78 is 5.68. The van der Waals surface area contributed by atoms with Crippen molar-refractivity contribution < 1.29 is 14.3 Å². The summed E-state index contributed by atoms with van der Waals surface area (Å²) in [4.78, 5) is 23.0. The molecule has 2 aromatic rings. The minimum Gasteiger partial charge on any atom is -0.493 e. The minimum absolute atomic E-state index is 0.145. The third-order valence-corrected chi connectivity index (χ3v) is 3.70. The van der Waals surface area contributed by atoms with Gasteiger partial charge in [-0.05, 0) is 61.4 Å². The van der Waals surface area contributed by atoms with E-state index in [1.165, 1.54) is 6.92 Å². The van der Waals surface area contributed by atoms with Crippen molar-refractivity contribution in [3.8, 4) is 5.75 Å². The molecule has 0 unspecified atom stereocenters. The van der Waals surface area contributed by atoms with E-state index < -0.39 is 0 Å². The summed E-state index contributed by atoms with van der Waals surface area (Å²) in [5.41, 5.74) is 2.19. The first kappa shape index (κ1) is 18.8. The number of hydrogen-bond donors (Lipinski definition) is 2. The molecule has 0 bridgehead atoms. The Hall–Kier alpha value is -2.53. The van der Waals surface area contributed by atoms with Crippen LogP contribution in [0.3, 0.4) is 0 Å². The minimum atomic E-state index is -0.156. The van der Waals surface area contributed by atoms with Gasteiger partial charge in [0.05, 0.1) is 6.61 Å². The molecule has 0 aliphatic heterocycles. The maximum atomic E-state index is 12.0. The van der Waals surface area contributed by atoms with Crippen molar-refractivity contribution in [3.63, 3.8) is 0 Å². The van der Waals surface area contributed by atoms with Gasteiger partial charge in [0.2, 0.25) is 5.91 Å². The SMILES string of the molecule is CC(=O)Nc1ccc(C(=O)NCCCOc2ccc(Cl)cc2C)cc1. The summed E-state index contributed by atoms with van der Waals surface area (Å²) in [5, 5.41) is 6.18. The molecule has 0 aliphatic rings. The number of halogens is 1. The fourth-order valence-corrected chi connectivity index (χ4v) is 2.47. The number of aryl methyl sites for hydroxylation is 1. The second kappa shape index (κ2) is 9.08. The highest BCUT2D eigenvalue weighted by molar-refractivity contribution is 6.30. The Morgan fingerprint density at radius 1 is 1.12 bits per heavy atom. The molecule has 132 valence electrons. The van der Waals surface area contributed by atoms with E-state index in [9.17, 15) is 9.59 Å². The zero-order valence-corrected chi connectivity index (χ0v) is 15.0. The lowest BCUT2D eigenvalue weighted by Gasteiger charge is -2.10. The topological polar surface area (TPSA) is 67.4 Å². The van der Waals surface area contributed by atoms with Crippen molar-refractivity contribution in [1.29, 1.82) is 0 Å². The lowest BCUT2D eigenvalue weighted by molar-refractivity contribution is -0.114. The lowest BCUT2D eigenvalue weighted by Crippen LogP contribution is -2.25. The van der Waals surface area contributed by atoms with Crippen LogP contribution in [0.5, 0.6) is 5.75 Å². The van der Waals surface area contributed by atoms with Crippen LogP contribution in [-0.4, -0.2) is 25.0 Å². The molecule has 0 heterocycles. The van der Waals surface area contributed by atoms with Crippen LogP contribution >= 0.6 is 11.6 Å². The predicted octanol–water partition coefficient (Wildman–Crippen LogP) is 3.81. The van der Waals surface area contributed by atoms with E-state index in [4.69, 9.17) is 16.3 Å². The molecule has 0 saturated heterocycles. The van der Waals surface area contributed by atoms with E-state index in [0.29, 0.717) is 35.8 Å². The van der Waals surface area contributed by atoms with Gasteiger partial charge < -0.3 is 15.4 Å². The fraction of sp³-hybridized carbons (Fsp3) is 0.263. The molecule has 2 amide bonds. The van der Waals surface area contributed by atoms with E-state index in [0.717, 1.165) is 11.3 Å². The molecule has 0 atom stereocenters. The highest BCUT2D eigenvalue weighted by Crippen LogP contribution is 2.21. The number of ether oxygens (including phenoxy) is 1. The molecule has 0 saturated carbocycles. The Labute approximate surface area is 152 Å². The molecule has 25 heavy (non-hydrogen) atoms. The van der Waals surface area contributed by atoms with Gasteiger partial charge in [0, 0.05) is 29.7 Å². The van der Waals surface area contributed by atoms with E-state index in [2.05, 4.69) is 10.6 Å². The number of rotatable bonds is 7. The summed E-state index contributed by atoms with van der Waals surface area (Å²) in [6, 6.07) is 12.2. The monoisotopic (exact) mass is 360 g/mol. The number of hydrogen-bond acceptors (Lipinski definition) is 3. The number of benzene rings is 2. The quantitative estimate of drug-likeness (QED) is 0.738. The van der Waals surface area contributed by atoms with Crippen LogP contribution in [-0.2, 0) is 4.79 Å². The van der Waals surface area contributed by atoms with E-state index >= 15 is 0 Å². The zero-order valence-electron chi connectivity index (χ0n) is 14.3. The van der Waals surface area contributed by atoms with Gasteiger partial charge in [-0.2, -0.15) is 0 Å². The second-order valence-corrected chi connectivity index (χ2v) is 6.06. The standard InChI is InChI=1S/C19H21ClN2O3/c1-13-12-16(20)6-9-18(13)25-11-3-10-21-19(24)15-4-7-17(8-5-15)22-14(2)23/h4-9,12H,3,10-11H2,1-2H3,(H,21,24)(H,22,23). The number of anilines is 1. The first-order chi connectivity index (χ1) is 12.0. The Morgan fingerprint density at radius 3 is 2.48 bits per heavy atom. The summed E-state index contributed by atoms with van der Waals surface area (Å²) >= 11 is 5.90. The number of carbonyl (C=O) groups is 2. The molecule has 0 spiro atoms. The van der Waals surface area contributed by atoms with Crippen molar-refractivity contribution in [3.05, 3.63) is 58.6 Å². The Kier molecular flexibility index (Phi) is 6.83. The maximum Gasteiger partial charge on any atom is 0.251 e. The van der Waals surface area contributed by atoms with Crippen LogP contribution in [0.1, 0.15) is 29.3 Å². The average Bonchev–Trinajstić information content (AvgIpc) is 2.56. The average molecular weight is 361 g/mol. The Bertz CT molecular complexity index is 745. The first-order valence-corrected chi connectivity index (χ1v) is 8.38. The molecule has 0 radical (unpaired) electrons. The van der Waals surface area contributed by atoms with Gasteiger partial charge in [0.15, 0.2) is 0 Å². The van der Waals surface area contributed by atoms with Crippen molar-refractivity contribution in [2.45, 2.75) is 20.3 Å². The molecule has 2 N–H and O–H groups in total. The van der Waals surface area contributed by atoms with Gasteiger partial charge in [0.1, 0.15) is 5.75 Å². The second-order valence-electron chi connectivity index (χ2n) is 5.63. The van der Waals surface area contributed by atoms with E-state index in [-0.39, 0.29) is 11.8 Å². The third kappa shape index (κ3) is 6.12. The van der Waals surface area contributed by atoms with E-state index in [1.54, 1.807) is 30.3 Å². The highest BCUT2D eigenvalue weighted by Gasteiger charge is 2.05. The molecular weight excluding hydrogens is 340 g/mol.